The molecule has 0 radical (unpaired) electrons. The summed E-state index contributed by atoms with van der Waals surface area (Å²) in [5, 5.41) is 13.9. The Morgan fingerprint density at radius 2 is 2.05 bits per heavy atom. The maximum absolute atomic E-state index is 5.10. The van der Waals surface area contributed by atoms with Crippen LogP contribution in [0.15, 0.2) is 30.3 Å². The van der Waals surface area contributed by atoms with Crippen molar-refractivity contribution < 1.29 is 4.74 Å². The molecule has 5 heteroatoms. The number of nitrogens with one attached hydrogen (secondary N) is 1. The predicted molar refractivity (Wildman–Crippen MR) is 77.2 cm³/mol. The van der Waals surface area contributed by atoms with Crippen LogP contribution in [-0.2, 0) is 11.3 Å². The van der Waals surface area contributed by atoms with Crippen LogP contribution < -0.4 is 5.32 Å². The number of rotatable bonds is 7. The molecule has 0 aliphatic heterocycles. The van der Waals surface area contributed by atoms with Crippen molar-refractivity contribution in [1.29, 1.82) is 0 Å². The Morgan fingerprint density at radius 1 is 1.26 bits per heavy atom. The van der Waals surface area contributed by atoms with E-state index in [0.717, 1.165) is 23.0 Å². The SMILES string of the molecule is CCCNC(c1ccccc1)c1nnc(COC)s1. The third-order valence-corrected chi connectivity index (χ3v) is 3.69. The topological polar surface area (TPSA) is 47.0 Å². The Labute approximate surface area is 117 Å². The van der Waals surface area contributed by atoms with Gasteiger partial charge in [-0.25, -0.2) is 0 Å². The van der Waals surface area contributed by atoms with E-state index < -0.39 is 0 Å². The Bertz CT molecular complexity index is 486. The second-order valence-corrected chi connectivity index (χ2v) is 5.36. The van der Waals surface area contributed by atoms with Gasteiger partial charge in [0.25, 0.3) is 0 Å². The van der Waals surface area contributed by atoms with Crippen LogP contribution in [0.5, 0.6) is 0 Å². The molecule has 1 atom stereocenters. The van der Waals surface area contributed by atoms with E-state index in [4.69, 9.17) is 4.74 Å². The van der Waals surface area contributed by atoms with E-state index >= 15 is 0 Å². The van der Waals surface area contributed by atoms with Gasteiger partial charge in [-0.2, -0.15) is 0 Å². The Hall–Kier alpha value is -1.30. The summed E-state index contributed by atoms with van der Waals surface area (Å²) in [4.78, 5) is 0. The second-order valence-electron chi connectivity index (χ2n) is 4.26. The quantitative estimate of drug-likeness (QED) is 0.845. The maximum atomic E-state index is 5.10. The molecule has 0 amide bonds. The molecule has 1 aromatic carbocycles. The lowest BCUT2D eigenvalue weighted by Crippen LogP contribution is -2.23. The van der Waals surface area contributed by atoms with E-state index in [2.05, 4.69) is 34.6 Å². The summed E-state index contributed by atoms with van der Waals surface area (Å²) in [5.41, 5.74) is 1.22. The van der Waals surface area contributed by atoms with Crippen molar-refractivity contribution in [3.63, 3.8) is 0 Å². The summed E-state index contributed by atoms with van der Waals surface area (Å²) in [5.74, 6) is 0. The normalized spacial score (nSPS) is 12.5. The molecule has 1 heterocycles. The first-order valence-corrected chi connectivity index (χ1v) is 7.26. The van der Waals surface area contributed by atoms with Crippen molar-refractivity contribution in [2.45, 2.75) is 26.0 Å². The fourth-order valence-corrected chi connectivity index (χ4v) is 2.77. The average Bonchev–Trinajstić information content (AvgIpc) is 2.89. The van der Waals surface area contributed by atoms with Gasteiger partial charge in [0.05, 0.1) is 12.6 Å². The highest BCUT2D eigenvalue weighted by atomic mass is 32.1. The molecular weight excluding hydrogens is 258 g/mol. The largest absolute Gasteiger partial charge is 0.377 e. The van der Waals surface area contributed by atoms with Crippen molar-refractivity contribution in [1.82, 2.24) is 15.5 Å². The third kappa shape index (κ3) is 3.83. The van der Waals surface area contributed by atoms with E-state index in [1.54, 1.807) is 18.4 Å². The zero-order valence-electron chi connectivity index (χ0n) is 11.3. The second kappa shape index (κ2) is 7.33. The van der Waals surface area contributed by atoms with Gasteiger partial charge in [0.1, 0.15) is 10.0 Å². The number of hydrogen-bond donors (Lipinski definition) is 1. The van der Waals surface area contributed by atoms with Crippen LogP contribution in [0.2, 0.25) is 0 Å². The molecule has 0 bridgehead atoms. The van der Waals surface area contributed by atoms with Crippen LogP contribution in [0, 0.1) is 0 Å². The molecule has 1 unspecified atom stereocenters. The minimum atomic E-state index is 0.115. The van der Waals surface area contributed by atoms with Crippen molar-refractivity contribution in [2.24, 2.45) is 0 Å². The minimum absolute atomic E-state index is 0.115. The predicted octanol–water partition coefficient (Wildman–Crippen LogP) is 2.77. The van der Waals surface area contributed by atoms with E-state index in [0.29, 0.717) is 6.61 Å². The van der Waals surface area contributed by atoms with Gasteiger partial charge in [-0.1, -0.05) is 48.6 Å². The van der Waals surface area contributed by atoms with Gasteiger partial charge in [0.15, 0.2) is 0 Å². The maximum Gasteiger partial charge on any atom is 0.143 e. The summed E-state index contributed by atoms with van der Waals surface area (Å²) in [6.45, 7) is 3.64. The fourth-order valence-electron chi connectivity index (χ4n) is 1.85. The summed E-state index contributed by atoms with van der Waals surface area (Å²) < 4.78 is 5.10. The van der Waals surface area contributed by atoms with E-state index in [-0.39, 0.29) is 6.04 Å². The molecule has 0 saturated carbocycles. The van der Waals surface area contributed by atoms with Crippen molar-refractivity contribution in [2.75, 3.05) is 13.7 Å². The first-order chi connectivity index (χ1) is 9.35. The molecule has 102 valence electrons. The molecule has 0 fully saturated rings. The highest BCUT2D eigenvalue weighted by molar-refractivity contribution is 7.11. The fraction of sp³-hybridized carbons (Fsp3) is 0.429. The monoisotopic (exact) mass is 277 g/mol. The third-order valence-electron chi connectivity index (χ3n) is 2.73. The lowest BCUT2D eigenvalue weighted by Gasteiger charge is -2.15. The molecule has 2 rings (SSSR count). The first kappa shape index (κ1) is 14.1. The first-order valence-electron chi connectivity index (χ1n) is 6.44. The Morgan fingerprint density at radius 3 is 2.74 bits per heavy atom. The van der Waals surface area contributed by atoms with E-state index in [9.17, 15) is 0 Å². The van der Waals surface area contributed by atoms with Crippen LogP contribution >= 0.6 is 11.3 Å². The smallest absolute Gasteiger partial charge is 0.143 e. The van der Waals surface area contributed by atoms with Crippen molar-refractivity contribution in [3.05, 3.63) is 45.9 Å². The summed E-state index contributed by atoms with van der Waals surface area (Å²) in [6.07, 6.45) is 1.09. The Balaban J connectivity index is 2.21. The number of hydrogen-bond acceptors (Lipinski definition) is 5. The van der Waals surface area contributed by atoms with Gasteiger partial charge >= 0.3 is 0 Å². The molecule has 0 spiro atoms. The van der Waals surface area contributed by atoms with Crippen LogP contribution in [0.3, 0.4) is 0 Å². The molecular formula is C14H19N3OS. The summed E-state index contributed by atoms with van der Waals surface area (Å²) in [7, 11) is 1.67. The average molecular weight is 277 g/mol. The molecule has 4 nitrogen and oxygen atoms in total. The molecule has 1 N–H and O–H groups in total. The van der Waals surface area contributed by atoms with Gasteiger partial charge in [0.2, 0.25) is 0 Å². The lowest BCUT2D eigenvalue weighted by atomic mass is 10.1. The van der Waals surface area contributed by atoms with Gasteiger partial charge in [-0.05, 0) is 18.5 Å². The molecule has 0 aliphatic rings. The van der Waals surface area contributed by atoms with Crippen LogP contribution in [-0.4, -0.2) is 23.9 Å². The van der Waals surface area contributed by atoms with Crippen molar-refractivity contribution >= 4 is 11.3 Å². The zero-order chi connectivity index (χ0) is 13.5. The molecule has 2 aromatic rings. The van der Waals surface area contributed by atoms with Gasteiger partial charge < -0.3 is 10.1 Å². The van der Waals surface area contributed by atoms with Crippen LogP contribution in [0.1, 0.15) is 35.0 Å². The van der Waals surface area contributed by atoms with Gasteiger partial charge in [0, 0.05) is 7.11 Å². The van der Waals surface area contributed by atoms with Crippen LogP contribution in [0.25, 0.3) is 0 Å². The molecule has 0 aliphatic carbocycles. The Kier molecular flexibility index (Phi) is 5.44. The van der Waals surface area contributed by atoms with Gasteiger partial charge in [-0.3, -0.25) is 0 Å². The standard InChI is InChI=1S/C14H19N3OS/c1-3-9-15-13(11-7-5-4-6-8-11)14-17-16-12(19-14)10-18-2/h4-8,13,15H,3,9-10H2,1-2H3. The summed E-state index contributed by atoms with van der Waals surface area (Å²) in [6, 6.07) is 10.5. The number of ether oxygens (including phenoxy) is 1. The molecule has 0 saturated heterocycles. The zero-order valence-corrected chi connectivity index (χ0v) is 12.1. The van der Waals surface area contributed by atoms with Gasteiger partial charge in [-0.15, -0.1) is 10.2 Å². The van der Waals surface area contributed by atoms with E-state index in [1.165, 1.54) is 5.56 Å². The molecule has 1 aromatic heterocycles. The van der Waals surface area contributed by atoms with Crippen molar-refractivity contribution in [3.8, 4) is 0 Å². The van der Waals surface area contributed by atoms with Crippen LogP contribution in [0.4, 0.5) is 0 Å². The lowest BCUT2D eigenvalue weighted by molar-refractivity contribution is 0.184. The highest BCUT2D eigenvalue weighted by Crippen LogP contribution is 2.25. The number of benzene rings is 1. The highest BCUT2D eigenvalue weighted by Gasteiger charge is 2.17. The minimum Gasteiger partial charge on any atom is -0.377 e. The summed E-state index contributed by atoms with van der Waals surface area (Å²) >= 11 is 1.60. The number of methoxy groups -OCH3 is 1. The number of aromatic nitrogens is 2. The molecule has 19 heavy (non-hydrogen) atoms. The number of nitrogens with zero attached hydrogens (tertiary/aromatic N) is 2. The van der Waals surface area contributed by atoms with E-state index in [1.807, 2.05) is 18.2 Å².